The van der Waals surface area contributed by atoms with Gasteiger partial charge in [-0.25, -0.2) is 0 Å². The van der Waals surface area contributed by atoms with E-state index >= 15 is 0 Å². The minimum atomic E-state index is -1.54. The van der Waals surface area contributed by atoms with Crippen molar-refractivity contribution in [3.05, 3.63) is 0 Å². The highest BCUT2D eigenvalue weighted by Gasteiger charge is 2.58. The second-order valence-corrected chi connectivity index (χ2v) is 5.73. The number of hydrogen-bond donors (Lipinski definition) is 4. The van der Waals surface area contributed by atoms with Gasteiger partial charge < -0.3 is 20.4 Å². The van der Waals surface area contributed by atoms with Crippen LogP contribution in [0.15, 0.2) is 0 Å². The Bertz CT molecular complexity index is 270. The third-order valence-electron chi connectivity index (χ3n) is 4.67. The molecule has 2 rings (SSSR count). The maximum absolute atomic E-state index is 10.7. The van der Waals surface area contributed by atoms with E-state index in [0.717, 1.165) is 25.7 Å². The molecule has 2 aliphatic carbocycles. The van der Waals surface area contributed by atoms with Crippen LogP contribution in [0.2, 0.25) is 0 Å². The van der Waals surface area contributed by atoms with Crippen molar-refractivity contribution in [3.8, 4) is 0 Å². The lowest BCUT2D eigenvalue weighted by Crippen LogP contribution is -2.64. The third kappa shape index (κ3) is 2.12. The summed E-state index contributed by atoms with van der Waals surface area (Å²) in [6, 6.07) is 0. The van der Waals surface area contributed by atoms with Gasteiger partial charge in [-0.3, -0.25) is 0 Å². The van der Waals surface area contributed by atoms with Crippen LogP contribution in [0.25, 0.3) is 0 Å². The molecule has 0 aromatic rings. The van der Waals surface area contributed by atoms with Crippen LogP contribution in [0.5, 0.6) is 0 Å². The van der Waals surface area contributed by atoms with Gasteiger partial charge in [-0.1, -0.05) is 25.7 Å². The molecule has 0 bridgehead atoms. The highest BCUT2D eigenvalue weighted by Crippen LogP contribution is 2.44. The summed E-state index contributed by atoms with van der Waals surface area (Å²) in [5, 5.41) is 41.4. The SMILES string of the molecule is OC1CCCCCCC1(O)C1(O)CCCC1O. The molecule has 4 unspecified atom stereocenters. The summed E-state index contributed by atoms with van der Waals surface area (Å²) in [6.07, 6.45) is 4.36. The van der Waals surface area contributed by atoms with Crippen LogP contribution in [-0.2, 0) is 0 Å². The van der Waals surface area contributed by atoms with Crippen molar-refractivity contribution < 1.29 is 20.4 Å². The zero-order valence-corrected chi connectivity index (χ0v) is 10.3. The van der Waals surface area contributed by atoms with Gasteiger partial charge in [0.25, 0.3) is 0 Å². The molecule has 17 heavy (non-hydrogen) atoms. The van der Waals surface area contributed by atoms with E-state index in [2.05, 4.69) is 0 Å². The summed E-state index contributed by atoms with van der Waals surface area (Å²) in [5.41, 5.74) is -3.06. The first-order chi connectivity index (χ1) is 8.01. The van der Waals surface area contributed by atoms with Crippen LogP contribution in [0.3, 0.4) is 0 Å². The lowest BCUT2D eigenvalue weighted by atomic mass is 9.70. The van der Waals surface area contributed by atoms with Crippen LogP contribution in [-0.4, -0.2) is 43.8 Å². The Morgan fingerprint density at radius 3 is 1.65 bits per heavy atom. The van der Waals surface area contributed by atoms with Crippen LogP contribution >= 0.6 is 0 Å². The first kappa shape index (κ1) is 13.3. The Hall–Kier alpha value is -0.160. The van der Waals surface area contributed by atoms with E-state index in [4.69, 9.17) is 0 Å². The molecule has 2 saturated carbocycles. The van der Waals surface area contributed by atoms with Gasteiger partial charge in [-0.15, -0.1) is 0 Å². The van der Waals surface area contributed by atoms with Crippen LogP contribution < -0.4 is 0 Å². The lowest BCUT2D eigenvalue weighted by molar-refractivity contribution is -0.236. The van der Waals surface area contributed by atoms with Gasteiger partial charge in [-0.2, -0.15) is 0 Å². The van der Waals surface area contributed by atoms with E-state index < -0.39 is 23.4 Å². The van der Waals surface area contributed by atoms with Crippen molar-refractivity contribution >= 4 is 0 Å². The van der Waals surface area contributed by atoms with Gasteiger partial charge in [0.1, 0.15) is 11.2 Å². The second-order valence-electron chi connectivity index (χ2n) is 5.73. The number of rotatable bonds is 1. The molecular weight excluding hydrogens is 220 g/mol. The van der Waals surface area contributed by atoms with Crippen molar-refractivity contribution in [2.24, 2.45) is 0 Å². The van der Waals surface area contributed by atoms with Gasteiger partial charge in [0.2, 0.25) is 0 Å². The molecule has 2 fully saturated rings. The molecule has 0 amide bonds. The van der Waals surface area contributed by atoms with E-state index in [1.54, 1.807) is 0 Å². The highest BCUT2D eigenvalue weighted by molar-refractivity contribution is 5.10. The maximum atomic E-state index is 10.7. The molecule has 0 aliphatic heterocycles. The molecule has 4 atom stereocenters. The van der Waals surface area contributed by atoms with Crippen molar-refractivity contribution in [3.63, 3.8) is 0 Å². The molecule has 0 aromatic carbocycles. The van der Waals surface area contributed by atoms with E-state index in [1.165, 1.54) is 0 Å². The Morgan fingerprint density at radius 1 is 0.647 bits per heavy atom. The molecule has 4 nitrogen and oxygen atoms in total. The molecular formula is C13H24O4. The Balaban J connectivity index is 2.23. The van der Waals surface area contributed by atoms with Crippen molar-refractivity contribution in [1.82, 2.24) is 0 Å². The van der Waals surface area contributed by atoms with Gasteiger partial charge in [-0.05, 0) is 32.1 Å². The molecule has 0 heterocycles. The topological polar surface area (TPSA) is 80.9 Å². The van der Waals surface area contributed by atoms with Gasteiger partial charge >= 0.3 is 0 Å². The highest BCUT2D eigenvalue weighted by atomic mass is 16.4. The van der Waals surface area contributed by atoms with Gasteiger partial charge in [0.15, 0.2) is 0 Å². The smallest absolute Gasteiger partial charge is 0.122 e. The average Bonchev–Trinajstić information content (AvgIpc) is 2.62. The number of hydrogen-bond acceptors (Lipinski definition) is 4. The number of aliphatic hydroxyl groups excluding tert-OH is 2. The fourth-order valence-corrected chi connectivity index (χ4v) is 3.47. The van der Waals surface area contributed by atoms with Crippen LogP contribution in [0, 0.1) is 0 Å². The van der Waals surface area contributed by atoms with Crippen LogP contribution in [0.1, 0.15) is 57.8 Å². The zero-order chi connectivity index (χ0) is 12.5. The standard InChI is InChI=1S/C13H24O4/c14-10-6-3-1-2-4-8-12(10,16)13(17)9-5-7-11(13)15/h10-11,14-17H,1-9H2. The Morgan fingerprint density at radius 2 is 1.12 bits per heavy atom. The maximum Gasteiger partial charge on any atom is 0.122 e. The molecule has 100 valence electrons. The summed E-state index contributed by atoms with van der Waals surface area (Å²) >= 11 is 0. The predicted octanol–water partition coefficient (Wildman–Crippen LogP) is 0.708. The summed E-state index contributed by atoms with van der Waals surface area (Å²) in [6.45, 7) is 0. The first-order valence-corrected chi connectivity index (χ1v) is 6.81. The molecule has 0 saturated heterocycles. The fourth-order valence-electron chi connectivity index (χ4n) is 3.47. The Kier molecular flexibility index (Phi) is 3.78. The summed E-state index contributed by atoms with van der Waals surface area (Å²) < 4.78 is 0. The molecule has 4 heteroatoms. The molecule has 2 aliphatic rings. The summed E-state index contributed by atoms with van der Waals surface area (Å²) in [7, 11) is 0. The molecule has 0 spiro atoms. The molecule has 0 radical (unpaired) electrons. The van der Waals surface area contributed by atoms with Crippen molar-refractivity contribution in [2.75, 3.05) is 0 Å². The third-order valence-corrected chi connectivity index (χ3v) is 4.67. The minimum Gasteiger partial charge on any atom is -0.390 e. The van der Waals surface area contributed by atoms with Gasteiger partial charge in [0.05, 0.1) is 12.2 Å². The zero-order valence-electron chi connectivity index (χ0n) is 10.3. The van der Waals surface area contributed by atoms with Crippen molar-refractivity contribution in [2.45, 2.75) is 81.2 Å². The summed E-state index contributed by atoms with van der Waals surface area (Å²) in [5.74, 6) is 0. The second kappa shape index (κ2) is 4.84. The van der Waals surface area contributed by atoms with E-state index in [-0.39, 0.29) is 0 Å². The minimum absolute atomic E-state index is 0.377. The number of aliphatic hydroxyl groups is 4. The van der Waals surface area contributed by atoms with Gasteiger partial charge in [0, 0.05) is 0 Å². The lowest BCUT2D eigenvalue weighted by Gasteiger charge is -2.47. The predicted molar refractivity (Wildman–Crippen MR) is 63.5 cm³/mol. The molecule has 4 N–H and O–H groups in total. The van der Waals surface area contributed by atoms with E-state index in [1.807, 2.05) is 0 Å². The largest absolute Gasteiger partial charge is 0.390 e. The van der Waals surface area contributed by atoms with Crippen molar-refractivity contribution in [1.29, 1.82) is 0 Å². The van der Waals surface area contributed by atoms with E-state index in [0.29, 0.717) is 32.1 Å². The van der Waals surface area contributed by atoms with E-state index in [9.17, 15) is 20.4 Å². The fraction of sp³-hybridized carbons (Fsp3) is 1.00. The first-order valence-electron chi connectivity index (χ1n) is 6.81. The quantitative estimate of drug-likeness (QED) is 0.547. The monoisotopic (exact) mass is 244 g/mol. The molecule has 0 aromatic heterocycles. The average molecular weight is 244 g/mol. The Labute approximate surface area is 102 Å². The summed E-state index contributed by atoms with van der Waals surface area (Å²) in [4.78, 5) is 0. The normalized spacial score (nSPS) is 48.7. The van der Waals surface area contributed by atoms with Crippen LogP contribution in [0.4, 0.5) is 0 Å².